The van der Waals surface area contributed by atoms with Gasteiger partial charge in [0.1, 0.15) is 0 Å². The van der Waals surface area contributed by atoms with Gasteiger partial charge in [-0.1, -0.05) is 31.5 Å². The molecule has 0 saturated heterocycles. The molecule has 0 saturated carbocycles. The zero-order valence-corrected chi connectivity index (χ0v) is 13.0. The molecule has 1 atom stereocenters. The van der Waals surface area contributed by atoms with E-state index in [1.54, 1.807) is 12.1 Å². The lowest BCUT2D eigenvalue weighted by Crippen LogP contribution is -2.16. The van der Waals surface area contributed by atoms with Crippen LogP contribution in [0.15, 0.2) is 38.5 Å². The van der Waals surface area contributed by atoms with Crippen LogP contribution >= 0.6 is 0 Å². The summed E-state index contributed by atoms with van der Waals surface area (Å²) in [5, 5.41) is 2.18. The van der Waals surface area contributed by atoms with Gasteiger partial charge >= 0.3 is 0 Å². The van der Waals surface area contributed by atoms with Gasteiger partial charge in [-0.05, 0) is 31.4 Å². The standard InChI is InChI=1S/C14H18N2O4S/c1-4-10(3)12-13(17)15-20-14(12)16-21(18,19)11-7-5-9(2)6-8-11/h5-8,10,16H,4H2,1-3H3,(H,15,17)/t10-/m1/s1. The summed E-state index contributed by atoms with van der Waals surface area (Å²) < 4.78 is 31.9. The van der Waals surface area contributed by atoms with E-state index in [4.69, 9.17) is 4.52 Å². The minimum absolute atomic E-state index is 0.0464. The second kappa shape index (κ2) is 5.77. The lowest BCUT2D eigenvalue weighted by Gasteiger charge is -2.09. The van der Waals surface area contributed by atoms with Crippen LogP contribution in [0.1, 0.15) is 37.3 Å². The summed E-state index contributed by atoms with van der Waals surface area (Å²) in [4.78, 5) is 11.8. The van der Waals surface area contributed by atoms with Crippen LogP contribution in [0.2, 0.25) is 0 Å². The average molecular weight is 310 g/mol. The fraction of sp³-hybridized carbons (Fsp3) is 0.357. The van der Waals surface area contributed by atoms with Crippen molar-refractivity contribution in [3.8, 4) is 0 Å². The minimum Gasteiger partial charge on any atom is -0.360 e. The van der Waals surface area contributed by atoms with Crippen LogP contribution < -0.4 is 10.3 Å². The van der Waals surface area contributed by atoms with Crippen molar-refractivity contribution in [1.29, 1.82) is 0 Å². The Morgan fingerprint density at radius 1 is 1.29 bits per heavy atom. The molecule has 7 heteroatoms. The Kier molecular flexibility index (Phi) is 4.22. The minimum atomic E-state index is -3.78. The summed E-state index contributed by atoms with van der Waals surface area (Å²) in [5.41, 5.74) is 0.863. The van der Waals surface area contributed by atoms with Gasteiger partial charge in [-0.15, -0.1) is 0 Å². The maximum Gasteiger partial charge on any atom is 0.285 e. The van der Waals surface area contributed by atoms with Gasteiger partial charge in [-0.3, -0.25) is 4.79 Å². The topological polar surface area (TPSA) is 92.2 Å². The number of nitrogens with one attached hydrogen (secondary N) is 2. The third-order valence-corrected chi connectivity index (χ3v) is 4.75. The summed E-state index contributed by atoms with van der Waals surface area (Å²) in [5.74, 6) is -0.154. The van der Waals surface area contributed by atoms with Gasteiger partial charge in [-0.2, -0.15) is 5.16 Å². The summed E-state index contributed by atoms with van der Waals surface area (Å²) >= 11 is 0. The predicted octanol–water partition coefficient (Wildman–Crippen LogP) is 2.59. The number of rotatable bonds is 5. The Bertz CT molecular complexity index is 772. The summed E-state index contributed by atoms with van der Waals surface area (Å²) in [7, 11) is -3.78. The lowest BCUT2D eigenvalue weighted by atomic mass is 10.0. The Morgan fingerprint density at radius 3 is 2.48 bits per heavy atom. The van der Waals surface area contributed by atoms with Crippen molar-refractivity contribution in [2.45, 2.75) is 38.0 Å². The van der Waals surface area contributed by atoms with Crippen LogP contribution in [-0.4, -0.2) is 13.6 Å². The first-order chi connectivity index (χ1) is 9.85. The number of H-pyrrole nitrogens is 1. The molecule has 21 heavy (non-hydrogen) atoms. The molecular weight excluding hydrogens is 292 g/mol. The Morgan fingerprint density at radius 2 is 1.90 bits per heavy atom. The van der Waals surface area contributed by atoms with E-state index >= 15 is 0 Å². The van der Waals surface area contributed by atoms with Crippen LogP contribution in [0, 0.1) is 6.92 Å². The molecule has 0 aliphatic heterocycles. The van der Waals surface area contributed by atoms with Crippen LogP contribution in [-0.2, 0) is 10.0 Å². The first-order valence-corrected chi connectivity index (χ1v) is 8.14. The van der Waals surface area contributed by atoms with Gasteiger partial charge in [0.05, 0.1) is 10.5 Å². The highest BCUT2D eigenvalue weighted by Crippen LogP contribution is 2.25. The molecule has 1 aromatic heterocycles. The van der Waals surface area contributed by atoms with Crippen molar-refractivity contribution in [3.63, 3.8) is 0 Å². The smallest absolute Gasteiger partial charge is 0.285 e. The monoisotopic (exact) mass is 310 g/mol. The molecule has 2 N–H and O–H groups in total. The highest BCUT2D eigenvalue weighted by Gasteiger charge is 2.23. The predicted molar refractivity (Wildman–Crippen MR) is 80.0 cm³/mol. The summed E-state index contributed by atoms with van der Waals surface area (Å²) in [6.07, 6.45) is 0.696. The van der Waals surface area contributed by atoms with Crippen molar-refractivity contribution in [2.24, 2.45) is 0 Å². The maximum absolute atomic E-state index is 12.3. The van der Waals surface area contributed by atoms with E-state index < -0.39 is 15.6 Å². The fourth-order valence-electron chi connectivity index (χ4n) is 1.94. The van der Waals surface area contributed by atoms with Crippen LogP contribution in [0.5, 0.6) is 0 Å². The Balaban J connectivity index is 2.38. The summed E-state index contributed by atoms with van der Waals surface area (Å²) in [6, 6.07) is 6.42. The van der Waals surface area contributed by atoms with E-state index in [1.807, 2.05) is 20.8 Å². The molecule has 0 spiro atoms. The quantitative estimate of drug-likeness (QED) is 0.887. The number of sulfonamides is 1. The van der Waals surface area contributed by atoms with E-state index in [0.717, 1.165) is 5.56 Å². The average Bonchev–Trinajstić information content (AvgIpc) is 2.79. The largest absolute Gasteiger partial charge is 0.360 e. The molecule has 114 valence electrons. The van der Waals surface area contributed by atoms with Crippen molar-refractivity contribution in [1.82, 2.24) is 5.16 Å². The highest BCUT2D eigenvalue weighted by molar-refractivity contribution is 7.92. The van der Waals surface area contributed by atoms with Crippen molar-refractivity contribution in [2.75, 3.05) is 4.72 Å². The van der Waals surface area contributed by atoms with Gasteiger partial charge in [-0.25, -0.2) is 13.1 Å². The number of aromatic amines is 1. The molecule has 0 radical (unpaired) electrons. The molecule has 0 aliphatic rings. The molecule has 6 nitrogen and oxygen atoms in total. The van der Waals surface area contributed by atoms with Crippen LogP contribution in [0.25, 0.3) is 0 Å². The SMILES string of the molecule is CC[C@@H](C)c1c(NS(=O)(=O)c2ccc(C)cc2)o[nH]c1=O. The fourth-order valence-corrected chi connectivity index (χ4v) is 2.94. The molecule has 0 bridgehead atoms. The molecule has 0 aliphatic carbocycles. The van der Waals surface area contributed by atoms with Gasteiger partial charge in [0.2, 0.25) is 5.88 Å². The summed E-state index contributed by atoms with van der Waals surface area (Å²) in [6.45, 7) is 5.62. The van der Waals surface area contributed by atoms with E-state index in [2.05, 4.69) is 9.88 Å². The maximum atomic E-state index is 12.3. The Labute approximate surface area is 123 Å². The number of hydrogen-bond donors (Lipinski definition) is 2. The number of anilines is 1. The molecule has 0 fully saturated rings. The first-order valence-electron chi connectivity index (χ1n) is 6.66. The zero-order chi connectivity index (χ0) is 15.6. The number of aromatic nitrogens is 1. The molecule has 1 aromatic carbocycles. The highest BCUT2D eigenvalue weighted by atomic mass is 32.2. The molecule has 2 aromatic rings. The van der Waals surface area contributed by atoms with Crippen LogP contribution in [0.3, 0.4) is 0 Å². The zero-order valence-electron chi connectivity index (χ0n) is 12.1. The van der Waals surface area contributed by atoms with Gasteiger partial charge < -0.3 is 4.52 Å². The lowest BCUT2D eigenvalue weighted by molar-refractivity contribution is 0.428. The normalized spacial score (nSPS) is 13.1. The van der Waals surface area contributed by atoms with Crippen molar-refractivity contribution in [3.05, 3.63) is 45.7 Å². The molecule has 0 amide bonds. The molecule has 0 unspecified atom stereocenters. The first kappa shape index (κ1) is 15.4. The number of benzene rings is 1. The third kappa shape index (κ3) is 3.18. The van der Waals surface area contributed by atoms with E-state index in [-0.39, 0.29) is 16.7 Å². The van der Waals surface area contributed by atoms with Gasteiger partial charge in [0.15, 0.2) is 0 Å². The van der Waals surface area contributed by atoms with E-state index in [0.29, 0.717) is 12.0 Å². The third-order valence-electron chi connectivity index (χ3n) is 3.40. The second-order valence-electron chi connectivity index (χ2n) is 5.00. The molecule has 1 heterocycles. The van der Waals surface area contributed by atoms with Gasteiger partial charge in [0, 0.05) is 0 Å². The van der Waals surface area contributed by atoms with E-state index in [1.165, 1.54) is 12.1 Å². The number of aryl methyl sites for hydroxylation is 1. The number of hydrogen-bond acceptors (Lipinski definition) is 4. The second-order valence-corrected chi connectivity index (χ2v) is 6.69. The van der Waals surface area contributed by atoms with Gasteiger partial charge in [0.25, 0.3) is 15.6 Å². The van der Waals surface area contributed by atoms with Crippen molar-refractivity contribution < 1.29 is 12.9 Å². The Hall–Kier alpha value is -2.02. The molecule has 2 rings (SSSR count). The van der Waals surface area contributed by atoms with E-state index in [9.17, 15) is 13.2 Å². The van der Waals surface area contributed by atoms with Crippen molar-refractivity contribution >= 4 is 15.9 Å². The molecular formula is C14H18N2O4S. The van der Waals surface area contributed by atoms with Crippen LogP contribution in [0.4, 0.5) is 5.88 Å².